The van der Waals surface area contributed by atoms with E-state index in [1.807, 2.05) is 0 Å². The van der Waals surface area contributed by atoms with Gasteiger partial charge < -0.3 is 11.1 Å². The molecule has 3 N–H and O–H groups in total. The summed E-state index contributed by atoms with van der Waals surface area (Å²) in [5.74, 6) is -2.20. The molecule has 0 radical (unpaired) electrons. The number of carbonyl (C=O) groups excluding carboxylic acids is 1. The van der Waals surface area contributed by atoms with Gasteiger partial charge in [0.2, 0.25) is 5.96 Å². The third-order valence-electron chi connectivity index (χ3n) is 5.74. The van der Waals surface area contributed by atoms with E-state index in [1.165, 1.54) is 13.1 Å². The molecule has 1 aliphatic carbocycles. The van der Waals surface area contributed by atoms with E-state index >= 15 is 0 Å². The summed E-state index contributed by atoms with van der Waals surface area (Å²) in [7, 11) is -2.04. The van der Waals surface area contributed by atoms with Gasteiger partial charge in [-0.2, -0.15) is 0 Å². The molecule has 1 aromatic heterocycles. The number of aromatic nitrogens is 1. The van der Waals surface area contributed by atoms with E-state index in [0.717, 1.165) is 34.8 Å². The molecule has 3 atom stereocenters. The van der Waals surface area contributed by atoms with Gasteiger partial charge in [0.15, 0.2) is 0 Å². The van der Waals surface area contributed by atoms with Crippen LogP contribution in [0.3, 0.4) is 0 Å². The lowest BCUT2D eigenvalue weighted by atomic mass is 9.87. The van der Waals surface area contributed by atoms with Crippen molar-refractivity contribution in [3.63, 3.8) is 0 Å². The van der Waals surface area contributed by atoms with Crippen LogP contribution in [-0.2, 0) is 15.2 Å². The van der Waals surface area contributed by atoms with E-state index in [-0.39, 0.29) is 22.9 Å². The van der Waals surface area contributed by atoms with E-state index in [1.54, 1.807) is 0 Å². The van der Waals surface area contributed by atoms with Gasteiger partial charge in [-0.05, 0) is 36.2 Å². The zero-order valence-corrected chi connectivity index (χ0v) is 17.6. The first-order chi connectivity index (χ1) is 14.9. The number of hydrogen-bond donors (Lipinski definition) is 2. The predicted octanol–water partition coefficient (Wildman–Crippen LogP) is 2.50. The highest BCUT2D eigenvalue weighted by atomic mass is 32.2. The Morgan fingerprint density at radius 1 is 1.31 bits per heavy atom. The summed E-state index contributed by atoms with van der Waals surface area (Å²) in [4.78, 5) is 20.2. The zero-order chi connectivity index (χ0) is 23.5. The van der Waals surface area contributed by atoms with Crippen LogP contribution in [0, 0.1) is 11.6 Å². The standard InChI is InChI=1S/C20H19F4N5O2S/c1-29-18(25)28-20(10-19(23,24)8-16(20)32(29,2)31)13-7-12(4-5-14(13)22)27-17(30)15-6-3-11(21)9-26-15/h3-7,9,16H,2,8,10H2,1H3,(H2,25,28)(H,27,30). The molecular formula is C20H19F4N5O2S. The molecule has 3 unspecified atom stereocenters. The molecule has 32 heavy (non-hydrogen) atoms. The van der Waals surface area contributed by atoms with Gasteiger partial charge in [0.05, 0.1) is 21.2 Å². The maximum absolute atomic E-state index is 15.0. The molecule has 0 spiro atoms. The molecule has 2 aliphatic rings. The van der Waals surface area contributed by atoms with Crippen LogP contribution in [0.25, 0.3) is 0 Å². The summed E-state index contributed by atoms with van der Waals surface area (Å²) in [6, 6.07) is 5.57. The first-order valence-corrected chi connectivity index (χ1v) is 11.2. The number of halogens is 4. The van der Waals surface area contributed by atoms with Gasteiger partial charge in [0.1, 0.15) is 22.9 Å². The molecule has 170 valence electrons. The van der Waals surface area contributed by atoms with Gasteiger partial charge in [-0.25, -0.2) is 31.7 Å². The van der Waals surface area contributed by atoms with Crippen molar-refractivity contribution in [1.82, 2.24) is 9.29 Å². The summed E-state index contributed by atoms with van der Waals surface area (Å²) in [5, 5.41) is 1.15. The number of guanidine groups is 1. The lowest BCUT2D eigenvalue weighted by molar-refractivity contribution is 0.00307. The van der Waals surface area contributed by atoms with E-state index in [2.05, 4.69) is 21.2 Å². The van der Waals surface area contributed by atoms with Gasteiger partial charge >= 0.3 is 0 Å². The average Bonchev–Trinajstić information content (AvgIpc) is 3.00. The number of pyridine rings is 1. The molecule has 0 saturated heterocycles. The number of nitrogens with one attached hydrogen (secondary N) is 1. The maximum Gasteiger partial charge on any atom is 0.274 e. The number of hydrogen-bond acceptors (Lipinski definition) is 5. The Bertz CT molecular complexity index is 1230. The maximum atomic E-state index is 15.0. The van der Waals surface area contributed by atoms with E-state index < -0.39 is 56.8 Å². The average molecular weight is 469 g/mol. The summed E-state index contributed by atoms with van der Waals surface area (Å²) < 4.78 is 71.5. The monoisotopic (exact) mass is 469 g/mol. The van der Waals surface area contributed by atoms with Crippen molar-refractivity contribution < 1.29 is 26.6 Å². The number of carbonyl (C=O) groups is 1. The number of nitrogens with zero attached hydrogens (tertiary/aromatic N) is 3. The third kappa shape index (κ3) is 3.48. The number of rotatable bonds is 3. The smallest absolute Gasteiger partial charge is 0.274 e. The van der Waals surface area contributed by atoms with Gasteiger partial charge in [-0.15, -0.1) is 0 Å². The highest BCUT2D eigenvalue weighted by Crippen LogP contribution is 2.55. The second-order valence-corrected chi connectivity index (χ2v) is 10.3. The van der Waals surface area contributed by atoms with Crippen LogP contribution in [0.4, 0.5) is 23.2 Å². The first kappa shape index (κ1) is 22.1. The highest BCUT2D eigenvalue weighted by Gasteiger charge is 2.63. The number of anilines is 1. The fourth-order valence-electron chi connectivity index (χ4n) is 4.16. The lowest BCUT2D eigenvalue weighted by Gasteiger charge is -2.42. The summed E-state index contributed by atoms with van der Waals surface area (Å²) in [5.41, 5.74) is 3.60. The topological polar surface area (TPSA) is 101 Å². The van der Waals surface area contributed by atoms with Crippen molar-refractivity contribution in [2.45, 2.75) is 29.6 Å². The molecule has 1 aromatic carbocycles. The molecule has 1 saturated carbocycles. The quantitative estimate of drug-likeness (QED) is 0.533. The minimum absolute atomic E-state index is 0.0594. The molecule has 4 rings (SSSR count). The molecule has 1 aliphatic heterocycles. The van der Waals surface area contributed by atoms with Crippen LogP contribution in [0.1, 0.15) is 28.9 Å². The molecule has 7 nitrogen and oxygen atoms in total. The number of alkyl halides is 2. The van der Waals surface area contributed by atoms with Crippen LogP contribution >= 0.6 is 0 Å². The Balaban J connectivity index is 1.80. The second-order valence-electron chi connectivity index (χ2n) is 7.82. The van der Waals surface area contributed by atoms with Crippen LogP contribution < -0.4 is 11.1 Å². The molecule has 2 aromatic rings. The normalized spacial score (nSPS) is 28.7. The highest BCUT2D eigenvalue weighted by molar-refractivity contribution is 7.99. The van der Waals surface area contributed by atoms with Gasteiger partial charge in [-0.1, -0.05) is 0 Å². The van der Waals surface area contributed by atoms with Crippen molar-refractivity contribution in [2.24, 2.45) is 10.7 Å². The number of aliphatic imine (C=N–C) groups is 1. The fourth-order valence-corrected chi connectivity index (χ4v) is 6.28. The minimum Gasteiger partial charge on any atom is -0.369 e. The van der Waals surface area contributed by atoms with Crippen LogP contribution in [0.15, 0.2) is 41.5 Å². The van der Waals surface area contributed by atoms with Crippen molar-refractivity contribution in [3.05, 3.63) is 59.4 Å². The van der Waals surface area contributed by atoms with E-state index in [4.69, 9.17) is 5.73 Å². The molecular weight excluding hydrogens is 450 g/mol. The van der Waals surface area contributed by atoms with Gasteiger partial charge in [0, 0.05) is 31.1 Å². The Hall–Kier alpha value is -3.15. The van der Waals surface area contributed by atoms with E-state index in [0.29, 0.717) is 0 Å². The molecule has 1 fully saturated rings. The predicted molar refractivity (Wildman–Crippen MR) is 113 cm³/mol. The Morgan fingerprint density at radius 2 is 2.03 bits per heavy atom. The minimum atomic E-state index is -3.37. The molecule has 0 bridgehead atoms. The molecule has 1 amide bonds. The number of fused-ring (bicyclic) bond motifs is 1. The summed E-state index contributed by atoms with van der Waals surface area (Å²) in [6.07, 6.45) is -0.873. The first-order valence-electron chi connectivity index (χ1n) is 9.42. The lowest BCUT2D eigenvalue weighted by Crippen LogP contribution is -2.55. The summed E-state index contributed by atoms with van der Waals surface area (Å²) >= 11 is 0. The van der Waals surface area contributed by atoms with Crippen molar-refractivity contribution in [3.8, 4) is 0 Å². The largest absolute Gasteiger partial charge is 0.369 e. The van der Waals surface area contributed by atoms with Gasteiger partial charge in [-0.3, -0.25) is 9.10 Å². The summed E-state index contributed by atoms with van der Waals surface area (Å²) in [6.45, 7) is 0. The van der Waals surface area contributed by atoms with Crippen molar-refractivity contribution in [1.29, 1.82) is 0 Å². The fraction of sp³-hybridized carbons (Fsp3) is 0.300. The van der Waals surface area contributed by atoms with Crippen LogP contribution in [0.5, 0.6) is 0 Å². The van der Waals surface area contributed by atoms with Crippen LogP contribution in [0.2, 0.25) is 0 Å². The van der Waals surface area contributed by atoms with Crippen molar-refractivity contribution >= 4 is 33.1 Å². The van der Waals surface area contributed by atoms with Gasteiger partial charge in [0.25, 0.3) is 11.8 Å². The Kier molecular flexibility index (Phi) is 4.96. The zero-order valence-electron chi connectivity index (χ0n) is 16.8. The second kappa shape index (κ2) is 7.19. The SMILES string of the molecule is C=S1(=O)C2CC(F)(F)CC2(c2cc(NC(=O)c3ccc(F)cn3)ccc2F)N=C(N)N1C. The molecule has 2 heterocycles. The van der Waals surface area contributed by atoms with Crippen molar-refractivity contribution in [2.75, 3.05) is 12.4 Å². The molecule has 12 heteroatoms. The number of benzene rings is 1. The number of nitrogens with two attached hydrogens (primary N) is 1. The third-order valence-corrected chi connectivity index (χ3v) is 8.30. The number of amides is 1. The Labute approximate surface area is 181 Å². The van der Waals surface area contributed by atoms with E-state index in [9.17, 15) is 26.6 Å². The van der Waals surface area contributed by atoms with Crippen LogP contribution in [-0.4, -0.2) is 49.5 Å². The Morgan fingerprint density at radius 3 is 2.69 bits per heavy atom.